The molecule has 1 N–H and O–H groups in total. The topological polar surface area (TPSA) is 33.1 Å². The standard InChI is InChI=1S/C26H23FN4S/c1-17-14-18(2)16-21(15-17)31-25(24(29-26(31)32)22-6-3-4-12-28-22)23-7-5-13-30(23)20-10-8-19(27)9-11-20/h3-16,24-25H,1-2H3,(H,29,32)/t24-,25-/m0/s1. The smallest absolute Gasteiger partial charge is 0.174 e. The Hall–Kier alpha value is -3.51. The Morgan fingerprint density at radius 3 is 2.34 bits per heavy atom. The number of nitrogens with zero attached hydrogens (tertiary/aromatic N) is 3. The van der Waals surface area contributed by atoms with E-state index in [1.165, 1.54) is 23.3 Å². The van der Waals surface area contributed by atoms with E-state index in [1.807, 2.05) is 30.5 Å². The van der Waals surface area contributed by atoms with Gasteiger partial charge in [-0.1, -0.05) is 12.1 Å². The molecule has 0 unspecified atom stereocenters. The molecule has 0 bridgehead atoms. The van der Waals surface area contributed by atoms with Gasteiger partial charge in [0.1, 0.15) is 11.9 Å². The Bertz CT molecular complexity index is 1250. The fourth-order valence-corrected chi connectivity index (χ4v) is 4.84. The van der Waals surface area contributed by atoms with Crippen LogP contribution in [-0.4, -0.2) is 14.7 Å². The van der Waals surface area contributed by atoms with E-state index in [4.69, 9.17) is 12.2 Å². The number of hydrogen-bond acceptors (Lipinski definition) is 2. The predicted molar refractivity (Wildman–Crippen MR) is 130 cm³/mol. The van der Waals surface area contributed by atoms with Crippen LogP contribution < -0.4 is 10.2 Å². The first-order valence-electron chi connectivity index (χ1n) is 10.5. The SMILES string of the molecule is Cc1cc(C)cc(N2C(=S)N[C@@H](c3ccccn3)[C@@H]2c2cccn2-c2ccc(F)cc2)c1. The molecule has 32 heavy (non-hydrogen) atoms. The molecule has 0 amide bonds. The summed E-state index contributed by atoms with van der Waals surface area (Å²) in [5.74, 6) is -0.255. The molecule has 1 aliphatic rings. The van der Waals surface area contributed by atoms with Gasteiger partial charge >= 0.3 is 0 Å². The van der Waals surface area contributed by atoms with Crippen LogP contribution in [0.25, 0.3) is 5.69 Å². The molecule has 5 rings (SSSR count). The van der Waals surface area contributed by atoms with Crippen molar-refractivity contribution in [2.75, 3.05) is 4.90 Å². The summed E-state index contributed by atoms with van der Waals surface area (Å²) in [6.45, 7) is 4.19. The van der Waals surface area contributed by atoms with Crippen molar-refractivity contribution in [3.05, 3.63) is 114 Å². The van der Waals surface area contributed by atoms with Crippen LogP contribution in [0, 0.1) is 19.7 Å². The Morgan fingerprint density at radius 2 is 1.66 bits per heavy atom. The van der Waals surface area contributed by atoms with E-state index in [0.717, 1.165) is 22.8 Å². The van der Waals surface area contributed by atoms with Gasteiger partial charge in [0.2, 0.25) is 0 Å². The number of pyridine rings is 1. The number of hydrogen-bond donors (Lipinski definition) is 1. The van der Waals surface area contributed by atoms with Crippen LogP contribution in [0.15, 0.2) is 85.2 Å². The third kappa shape index (κ3) is 3.67. The number of rotatable bonds is 4. The van der Waals surface area contributed by atoms with Gasteiger partial charge in [-0.3, -0.25) is 4.98 Å². The Labute approximate surface area is 192 Å². The second kappa shape index (κ2) is 8.20. The molecule has 3 heterocycles. The third-order valence-corrected chi connectivity index (χ3v) is 6.09. The summed E-state index contributed by atoms with van der Waals surface area (Å²) in [6.07, 6.45) is 3.80. The van der Waals surface area contributed by atoms with Crippen LogP contribution in [0.5, 0.6) is 0 Å². The van der Waals surface area contributed by atoms with Crippen molar-refractivity contribution in [1.29, 1.82) is 0 Å². The Balaban J connectivity index is 1.68. The van der Waals surface area contributed by atoms with E-state index in [1.54, 1.807) is 18.3 Å². The molecule has 2 atom stereocenters. The van der Waals surface area contributed by atoms with Crippen molar-refractivity contribution >= 4 is 23.0 Å². The minimum absolute atomic E-state index is 0.140. The van der Waals surface area contributed by atoms with E-state index >= 15 is 0 Å². The molecule has 2 aromatic carbocycles. The van der Waals surface area contributed by atoms with Gasteiger partial charge in [-0.2, -0.15) is 0 Å². The molecule has 4 aromatic rings. The summed E-state index contributed by atoms with van der Waals surface area (Å²) >= 11 is 5.84. The normalized spacial score (nSPS) is 18.1. The molecule has 1 fully saturated rings. The Kier molecular flexibility index (Phi) is 5.23. The lowest BCUT2D eigenvalue weighted by molar-refractivity contribution is 0.549. The van der Waals surface area contributed by atoms with Gasteiger partial charge < -0.3 is 14.8 Å². The van der Waals surface area contributed by atoms with Gasteiger partial charge in [0.25, 0.3) is 0 Å². The number of benzene rings is 2. The molecular formula is C26H23FN4S. The highest BCUT2D eigenvalue weighted by Crippen LogP contribution is 2.42. The van der Waals surface area contributed by atoms with Gasteiger partial charge in [-0.05, 0) is 97.9 Å². The maximum atomic E-state index is 13.6. The van der Waals surface area contributed by atoms with Crippen molar-refractivity contribution < 1.29 is 4.39 Å². The summed E-state index contributed by atoms with van der Waals surface area (Å²) in [6, 6.07) is 22.7. The zero-order chi connectivity index (χ0) is 22.2. The number of halogens is 1. The summed E-state index contributed by atoms with van der Waals surface area (Å²) in [5.41, 5.74) is 6.24. The van der Waals surface area contributed by atoms with Crippen LogP contribution in [0.4, 0.5) is 10.1 Å². The maximum absolute atomic E-state index is 13.6. The number of aryl methyl sites for hydroxylation is 2. The molecule has 0 radical (unpaired) electrons. The highest BCUT2D eigenvalue weighted by molar-refractivity contribution is 7.80. The average molecular weight is 443 g/mol. The van der Waals surface area contributed by atoms with Gasteiger partial charge in [0.15, 0.2) is 5.11 Å². The molecule has 0 spiro atoms. The molecule has 0 aliphatic carbocycles. The van der Waals surface area contributed by atoms with Gasteiger partial charge in [0, 0.05) is 29.5 Å². The summed E-state index contributed by atoms with van der Waals surface area (Å²) < 4.78 is 15.7. The summed E-state index contributed by atoms with van der Waals surface area (Å²) in [5, 5.41) is 4.16. The zero-order valence-corrected chi connectivity index (χ0v) is 18.7. The van der Waals surface area contributed by atoms with Gasteiger partial charge in [-0.15, -0.1) is 0 Å². The van der Waals surface area contributed by atoms with Crippen LogP contribution in [0.2, 0.25) is 0 Å². The largest absolute Gasteiger partial charge is 0.351 e. The number of thiocarbonyl (C=S) groups is 1. The third-order valence-electron chi connectivity index (χ3n) is 5.77. The van der Waals surface area contributed by atoms with Crippen molar-refractivity contribution in [3.8, 4) is 5.69 Å². The van der Waals surface area contributed by atoms with E-state index in [9.17, 15) is 4.39 Å². The molecular weight excluding hydrogens is 419 g/mol. The zero-order valence-electron chi connectivity index (χ0n) is 17.9. The van der Waals surface area contributed by atoms with E-state index in [0.29, 0.717) is 5.11 Å². The van der Waals surface area contributed by atoms with E-state index < -0.39 is 0 Å². The van der Waals surface area contributed by atoms with Crippen molar-refractivity contribution in [3.63, 3.8) is 0 Å². The first-order chi connectivity index (χ1) is 15.5. The minimum atomic E-state index is -0.255. The highest BCUT2D eigenvalue weighted by atomic mass is 32.1. The quantitative estimate of drug-likeness (QED) is 0.405. The average Bonchev–Trinajstić information content (AvgIpc) is 3.38. The van der Waals surface area contributed by atoms with E-state index in [2.05, 4.69) is 57.9 Å². The fraction of sp³-hybridized carbons (Fsp3) is 0.154. The van der Waals surface area contributed by atoms with Crippen molar-refractivity contribution in [1.82, 2.24) is 14.9 Å². The summed E-state index contributed by atoms with van der Waals surface area (Å²) in [4.78, 5) is 6.80. The maximum Gasteiger partial charge on any atom is 0.174 e. The lowest BCUT2D eigenvalue weighted by Crippen LogP contribution is -2.30. The molecule has 160 valence electrons. The predicted octanol–water partition coefficient (Wildman–Crippen LogP) is 5.81. The van der Waals surface area contributed by atoms with Crippen molar-refractivity contribution in [2.45, 2.75) is 25.9 Å². The second-order valence-electron chi connectivity index (χ2n) is 8.12. The molecule has 4 nitrogen and oxygen atoms in total. The van der Waals surface area contributed by atoms with Crippen LogP contribution in [-0.2, 0) is 0 Å². The molecule has 1 aliphatic heterocycles. The number of aromatic nitrogens is 2. The first kappa shape index (κ1) is 20.4. The van der Waals surface area contributed by atoms with Crippen LogP contribution >= 0.6 is 12.2 Å². The number of nitrogens with one attached hydrogen (secondary N) is 1. The summed E-state index contributed by atoms with van der Waals surface area (Å²) in [7, 11) is 0. The van der Waals surface area contributed by atoms with E-state index in [-0.39, 0.29) is 17.9 Å². The van der Waals surface area contributed by atoms with Crippen LogP contribution in [0.3, 0.4) is 0 Å². The Morgan fingerprint density at radius 1 is 0.906 bits per heavy atom. The van der Waals surface area contributed by atoms with Gasteiger partial charge in [0.05, 0.1) is 11.7 Å². The monoisotopic (exact) mass is 442 g/mol. The highest BCUT2D eigenvalue weighted by Gasteiger charge is 2.42. The molecule has 2 aromatic heterocycles. The molecule has 1 saturated heterocycles. The first-order valence-corrected chi connectivity index (χ1v) is 10.9. The van der Waals surface area contributed by atoms with Gasteiger partial charge in [-0.25, -0.2) is 4.39 Å². The van der Waals surface area contributed by atoms with Crippen molar-refractivity contribution in [2.24, 2.45) is 0 Å². The lowest BCUT2D eigenvalue weighted by atomic mass is 10.00. The number of anilines is 1. The lowest BCUT2D eigenvalue weighted by Gasteiger charge is -2.29. The van der Waals surface area contributed by atoms with Crippen LogP contribution in [0.1, 0.15) is 34.6 Å². The minimum Gasteiger partial charge on any atom is -0.351 e. The second-order valence-corrected chi connectivity index (χ2v) is 8.51. The molecule has 0 saturated carbocycles. The fourth-order valence-electron chi connectivity index (χ4n) is 4.50. The molecule has 6 heteroatoms.